The van der Waals surface area contributed by atoms with Crippen LogP contribution in [0.4, 0.5) is 0 Å². The van der Waals surface area contributed by atoms with Crippen LogP contribution in [-0.4, -0.2) is 9.78 Å². The third-order valence-corrected chi connectivity index (χ3v) is 2.98. The van der Waals surface area contributed by atoms with Gasteiger partial charge in [0.15, 0.2) is 0 Å². The molecule has 0 aliphatic carbocycles. The van der Waals surface area contributed by atoms with Gasteiger partial charge in [0.25, 0.3) is 0 Å². The Morgan fingerprint density at radius 3 is 2.71 bits per heavy atom. The van der Waals surface area contributed by atoms with E-state index in [9.17, 15) is 0 Å². The van der Waals surface area contributed by atoms with E-state index in [1.54, 1.807) is 0 Å². The van der Waals surface area contributed by atoms with E-state index >= 15 is 0 Å². The SMILES string of the molecule is CCn1cc(C(N)c2cc(C)cc(Cl)c2)cn1. The molecule has 1 heterocycles. The lowest BCUT2D eigenvalue weighted by atomic mass is 10.0. The van der Waals surface area contributed by atoms with Crippen molar-refractivity contribution in [2.24, 2.45) is 5.73 Å². The molecule has 1 unspecified atom stereocenters. The molecule has 0 spiro atoms. The van der Waals surface area contributed by atoms with Gasteiger partial charge in [-0.15, -0.1) is 0 Å². The zero-order valence-electron chi connectivity index (χ0n) is 10.0. The van der Waals surface area contributed by atoms with Gasteiger partial charge in [0.2, 0.25) is 0 Å². The Hall–Kier alpha value is -1.32. The number of halogens is 1. The molecule has 1 aromatic heterocycles. The monoisotopic (exact) mass is 249 g/mol. The van der Waals surface area contributed by atoms with Gasteiger partial charge < -0.3 is 5.73 Å². The zero-order chi connectivity index (χ0) is 12.4. The lowest BCUT2D eigenvalue weighted by Crippen LogP contribution is -2.11. The van der Waals surface area contributed by atoms with Gasteiger partial charge in [-0.25, -0.2) is 0 Å². The molecular weight excluding hydrogens is 234 g/mol. The van der Waals surface area contributed by atoms with E-state index in [-0.39, 0.29) is 6.04 Å². The summed E-state index contributed by atoms with van der Waals surface area (Å²) in [6, 6.07) is 5.71. The maximum atomic E-state index is 6.21. The predicted octanol–water partition coefficient (Wildman–Crippen LogP) is 2.91. The van der Waals surface area contributed by atoms with Crippen LogP contribution in [0, 0.1) is 6.92 Å². The second-order valence-electron chi connectivity index (χ2n) is 4.17. The predicted molar refractivity (Wildman–Crippen MR) is 70.1 cm³/mol. The van der Waals surface area contributed by atoms with Crippen molar-refractivity contribution in [1.82, 2.24) is 9.78 Å². The molecule has 0 bridgehead atoms. The van der Waals surface area contributed by atoms with Crippen molar-refractivity contribution >= 4 is 11.6 Å². The van der Waals surface area contributed by atoms with Gasteiger partial charge in [-0.3, -0.25) is 4.68 Å². The highest BCUT2D eigenvalue weighted by molar-refractivity contribution is 6.30. The molecule has 2 N–H and O–H groups in total. The average Bonchev–Trinajstić information content (AvgIpc) is 2.75. The molecule has 2 rings (SSSR count). The molecule has 17 heavy (non-hydrogen) atoms. The number of rotatable bonds is 3. The number of aromatic nitrogens is 2. The molecule has 3 nitrogen and oxygen atoms in total. The van der Waals surface area contributed by atoms with Gasteiger partial charge in [-0.1, -0.05) is 17.7 Å². The minimum Gasteiger partial charge on any atom is -0.320 e. The van der Waals surface area contributed by atoms with Gasteiger partial charge in [-0.2, -0.15) is 5.10 Å². The summed E-state index contributed by atoms with van der Waals surface area (Å²) >= 11 is 6.04. The normalized spacial score (nSPS) is 12.7. The topological polar surface area (TPSA) is 43.8 Å². The fourth-order valence-corrected chi connectivity index (χ4v) is 2.15. The van der Waals surface area contributed by atoms with Crippen molar-refractivity contribution in [3.8, 4) is 0 Å². The summed E-state index contributed by atoms with van der Waals surface area (Å²) in [5, 5.41) is 4.95. The summed E-state index contributed by atoms with van der Waals surface area (Å²) in [5.74, 6) is 0. The number of aryl methyl sites for hydroxylation is 2. The number of nitrogens with zero attached hydrogens (tertiary/aromatic N) is 2. The molecule has 0 fully saturated rings. The quantitative estimate of drug-likeness (QED) is 0.909. The molecule has 4 heteroatoms. The molecule has 0 radical (unpaired) electrons. The van der Waals surface area contributed by atoms with E-state index in [0.29, 0.717) is 0 Å². The van der Waals surface area contributed by atoms with Crippen LogP contribution in [0.1, 0.15) is 29.7 Å². The summed E-state index contributed by atoms with van der Waals surface area (Å²) in [6.45, 7) is 4.91. The molecule has 1 aromatic carbocycles. The van der Waals surface area contributed by atoms with E-state index in [4.69, 9.17) is 17.3 Å². The van der Waals surface area contributed by atoms with E-state index in [0.717, 1.165) is 28.3 Å². The lowest BCUT2D eigenvalue weighted by molar-refractivity contribution is 0.658. The summed E-state index contributed by atoms with van der Waals surface area (Å²) in [5.41, 5.74) is 9.35. The largest absolute Gasteiger partial charge is 0.320 e. The van der Waals surface area contributed by atoms with E-state index in [1.165, 1.54) is 0 Å². The summed E-state index contributed by atoms with van der Waals surface area (Å²) in [6.07, 6.45) is 3.78. The molecular formula is C13H16ClN3. The summed E-state index contributed by atoms with van der Waals surface area (Å²) in [4.78, 5) is 0. The van der Waals surface area contributed by atoms with Crippen molar-refractivity contribution in [3.63, 3.8) is 0 Å². The molecule has 0 saturated heterocycles. The third-order valence-electron chi connectivity index (χ3n) is 2.76. The number of hydrogen-bond acceptors (Lipinski definition) is 2. The maximum absolute atomic E-state index is 6.21. The van der Waals surface area contributed by atoms with E-state index in [2.05, 4.69) is 11.2 Å². The van der Waals surface area contributed by atoms with Gasteiger partial charge in [0, 0.05) is 23.3 Å². The molecule has 90 valence electrons. The fourth-order valence-electron chi connectivity index (χ4n) is 1.85. The van der Waals surface area contributed by atoms with E-state index in [1.807, 2.05) is 43.1 Å². The first-order valence-electron chi connectivity index (χ1n) is 5.65. The van der Waals surface area contributed by atoms with Crippen molar-refractivity contribution in [2.45, 2.75) is 26.4 Å². The molecule has 0 saturated carbocycles. The van der Waals surface area contributed by atoms with Crippen molar-refractivity contribution in [1.29, 1.82) is 0 Å². The number of benzene rings is 1. The van der Waals surface area contributed by atoms with Crippen molar-refractivity contribution in [2.75, 3.05) is 0 Å². The van der Waals surface area contributed by atoms with Crippen LogP contribution in [-0.2, 0) is 6.54 Å². The first-order valence-corrected chi connectivity index (χ1v) is 6.03. The van der Waals surface area contributed by atoms with Crippen LogP contribution in [0.25, 0.3) is 0 Å². The summed E-state index contributed by atoms with van der Waals surface area (Å²) in [7, 11) is 0. The maximum Gasteiger partial charge on any atom is 0.0583 e. The Morgan fingerprint density at radius 1 is 1.35 bits per heavy atom. The van der Waals surface area contributed by atoms with Gasteiger partial charge in [-0.05, 0) is 37.1 Å². The molecule has 0 amide bonds. The van der Waals surface area contributed by atoms with Crippen LogP contribution in [0.2, 0.25) is 5.02 Å². The molecule has 0 aliphatic heterocycles. The second kappa shape index (κ2) is 4.90. The van der Waals surface area contributed by atoms with Crippen LogP contribution in [0.15, 0.2) is 30.6 Å². The highest BCUT2D eigenvalue weighted by Gasteiger charge is 2.12. The Balaban J connectivity index is 2.32. The molecule has 1 atom stereocenters. The first-order chi connectivity index (χ1) is 8.10. The highest BCUT2D eigenvalue weighted by Crippen LogP contribution is 2.23. The Morgan fingerprint density at radius 2 is 2.12 bits per heavy atom. The van der Waals surface area contributed by atoms with Crippen LogP contribution in [0.5, 0.6) is 0 Å². The highest BCUT2D eigenvalue weighted by atomic mass is 35.5. The lowest BCUT2D eigenvalue weighted by Gasteiger charge is -2.11. The minimum absolute atomic E-state index is 0.173. The van der Waals surface area contributed by atoms with Gasteiger partial charge in [0.05, 0.1) is 12.2 Å². The van der Waals surface area contributed by atoms with Crippen LogP contribution in [0.3, 0.4) is 0 Å². The fraction of sp³-hybridized carbons (Fsp3) is 0.308. The number of nitrogens with two attached hydrogens (primary N) is 1. The smallest absolute Gasteiger partial charge is 0.0583 e. The summed E-state index contributed by atoms with van der Waals surface area (Å²) < 4.78 is 1.87. The second-order valence-corrected chi connectivity index (χ2v) is 4.61. The Kier molecular flexibility index (Phi) is 3.50. The molecule has 2 aromatic rings. The standard InChI is InChI=1S/C13H16ClN3/c1-3-17-8-11(7-16-17)13(15)10-4-9(2)5-12(14)6-10/h4-8,13H,3,15H2,1-2H3. The average molecular weight is 250 g/mol. The minimum atomic E-state index is -0.173. The Bertz CT molecular complexity index is 499. The molecule has 0 aliphatic rings. The zero-order valence-corrected chi connectivity index (χ0v) is 10.8. The van der Waals surface area contributed by atoms with Crippen LogP contribution < -0.4 is 5.73 Å². The van der Waals surface area contributed by atoms with Crippen molar-refractivity contribution in [3.05, 3.63) is 52.3 Å². The van der Waals surface area contributed by atoms with Gasteiger partial charge in [0.1, 0.15) is 0 Å². The third kappa shape index (κ3) is 2.68. The van der Waals surface area contributed by atoms with Crippen molar-refractivity contribution < 1.29 is 0 Å². The van der Waals surface area contributed by atoms with Gasteiger partial charge >= 0.3 is 0 Å². The number of hydrogen-bond donors (Lipinski definition) is 1. The van der Waals surface area contributed by atoms with E-state index < -0.39 is 0 Å². The Labute approximate surface area is 106 Å². The van der Waals surface area contributed by atoms with Crippen LogP contribution >= 0.6 is 11.6 Å². The first kappa shape index (κ1) is 12.1.